The molecule has 0 amide bonds. The SMILES string of the molecule is C[C@@H]1C[C@H]2[C@@H]3CCC4=CC(=O)C=C[C@]4(C)[C@@]3(F)[C@@H](O)C[C@]2(C)[C@@]1(O)C(=O)Cc1c(C(=O)O)ccc(C(=O)O)c1C(C)(C)C. The number of aliphatic hydroxyl groups excluding tert-OH is 1. The van der Waals surface area contributed by atoms with Crippen LogP contribution >= 0.6 is 0 Å². The summed E-state index contributed by atoms with van der Waals surface area (Å²) in [6, 6.07) is 2.40. The van der Waals surface area contributed by atoms with Gasteiger partial charge in [-0.3, -0.25) is 9.59 Å². The quantitative estimate of drug-likeness (QED) is 0.377. The number of rotatable bonds is 5. The lowest BCUT2D eigenvalue weighted by Gasteiger charge is -2.62. The summed E-state index contributed by atoms with van der Waals surface area (Å²) in [5, 5.41) is 44.0. The van der Waals surface area contributed by atoms with Crippen molar-refractivity contribution in [1.82, 2.24) is 0 Å². The Bertz CT molecular complexity index is 1500. The van der Waals surface area contributed by atoms with Crippen molar-refractivity contribution in [3.63, 3.8) is 0 Å². The first-order valence-corrected chi connectivity index (χ1v) is 14.9. The van der Waals surface area contributed by atoms with Crippen LogP contribution in [0.4, 0.5) is 4.39 Å². The number of fused-ring (bicyclic) bond motifs is 5. The van der Waals surface area contributed by atoms with Gasteiger partial charge < -0.3 is 20.4 Å². The number of ketones is 2. The highest BCUT2D eigenvalue weighted by molar-refractivity contribution is 6.01. The molecule has 8 nitrogen and oxygen atoms in total. The smallest absolute Gasteiger partial charge is 0.335 e. The molecule has 0 heterocycles. The van der Waals surface area contributed by atoms with Crippen molar-refractivity contribution < 1.29 is 44.0 Å². The molecular formula is C34H41FO8. The number of carboxylic acid groups (broad SMARTS) is 2. The van der Waals surface area contributed by atoms with Gasteiger partial charge in [-0.25, -0.2) is 14.0 Å². The number of hydrogen-bond acceptors (Lipinski definition) is 6. The fourth-order valence-electron chi connectivity index (χ4n) is 9.50. The Morgan fingerprint density at radius 2 is 1.65 bits per heavy atom. The van der Waals surface area contributed by atoms with Gasteiger partial charge in [-0.05, 0) is 85.3 Å². The molecule has 3 saturated carbocycles. The van der Waals surface area contributed by atoms with E-state index in [4.69, 9.17) is 0 Å². The summed E-state index contributed by atoms with van der Waals surface area (Å²) in [6.45, 7) is 10.3. The van der Waals surface area contributed by atoms with Crippen molar-refractivity contribution in [2.45, 2.75) is 96.4 Å². The normalized spacial score (nSPS) is 38.5. The standard InChI is InChI=1S/C34H41FO8/c1-17-13-24-23-10-7-18-14-19(36)11-12-31(18,5)33(23,35)26(38)16-32(24,6)34(17,43)25(37)15-22-20(28(39)40)8-9-21(29(41)42)27(22)30(2,3)4/h8-9,11-12,14,17,23-24,26,38,43H,7,10,13,15-16H2,1-6H3,(H,39,40)(H,41,42)/t17-,23+,24+,26+,31+,32+,33+,34+/m1/s1. The van der Waals surface area contributed by atoms with Crippen molar-refractivity contribution >= 4 is 23.5 Å². The maximum absolute atomic E-state index is 17.5. The molecule has 43 heavy (non-hydrogen) atoms. The van der Waals surface area contributed by atoms with Gasteiger partial charge in [0.1, 0.15) is 5.60 Å². The molecule has 4 N–H and O–H groups in total. The van der Waals surface area contributed by atoms with E-state index < -0.39 is 75.5 Å². The predicted octanol–water partition coefficient (Wildman–Crippen LogP) is 4.84. The lowest BCUT2D eigenvalue weighted by atomic mass is 9.44. The Hall–Kier alpha value is -3.17. The lowest BCUT2D eigenvalue weighted by Crippen LogP contribution is -2.69. The Balaban J connectivity index is 1.60. The molecule has 4 aliphatic rings. The zero-order valence-electron chi connectivity index (χ0n) is 25.5. The van der Waals surface area contributed by atoms with Crippen molar-refractivity contribution in [2.24, 2.45) is 28.6 Å². The minimum atomic E-state index is -2.13. The van der Waals surface area contributed by atoms with Crippen LogP contribution in [0.3, 0.4) is 0 Å². The predicted molar refractivity (Wildman–Crippen MR) is 156 cm³/mol. The summed E-state index contributed by atoms with van der Waals surface area (Å²) in [4.78, 5) is 51.0. The number of hydrogen-bond donors (Lipinski definition) is 4. The van der Waals surface area contributed by atoms with E-state index >= 15 is 4.39 Å². The van der Waals surface area contributed by atoms with Gasteiger partial charge in [-0.2, -0.15) is 0 Å². The zero-order chi connectivity index (χ0) is 32.1. The van der Waals surface area contributed by atoms with E-state index in [9.17, 15) is 39.6 Å². The fourth-order valence-corrected chi connectivity index (χ4v) is 9.50. The summed E-state index contributed by atoms with van der Waals surface area (Å²) in [5.41, 5.74) is -6.95. The Morgan fingerprint density at radius 3 is 2.23 bits per heavy atom. The Labute approximate surface area is 250 Å². The first-order valence-electron chi connectivity index (χ1n) is 14.9. The summed E-state index contributed by atoms with van der Waals surface area (Å²) >= 11 is 0. The number of carbonyl (C=O) groups excluding carboxylic acids is 2. The van der Waals surface area contributed by atoms with Gasteiger partial charge in [-0.1, -0.05) is 46.3 Å². The summed E-state index contributed by atoms with van der Waals surface area (Å²) in [5.74, 6) is -5.32. The minimum absolute atomic E-state index is 0.0331. The maximum atomic E-state index is 17.5. The molecule has 9 heteroatoms. The van der Waals surface area contributed by atoms with Gasteiger partial charge >= 0.3 is 11.9 Å². The number of carbonyl (C=O) groups is 4. The number of Topliss-reactive ketones (excluding diaryl/α,β-unsaturated/α-hetero) is 1. The molecule has 0 aliphatic heterocycles. The maximum Gasteiger partial charge on any atom is 0.335 e. The molecule has 0 radical (unpaired) electrons. The number of allylic oxidation sites excluding steroid dienone is 4. The summed E-state index contributed by atoms with van der Waals surface area (Å²) < 4.78 is 17.5. The molecule has 5 rings (SSSR count). The van der Waals surface area contributed by atoms with Crippen LogP contribution in [0.15, 0.2) is 35.9 Å². The highest BCUT2D eigenvalue weighted by Crippen LogP contribution is 2.70. The van der Waals surface area contributed by atoms with E-state index in [1.165, 1.54) is 24.3 Å². The van der Waals surface area contributed by atoms with Gasteiger partial charge in [0.15, 0.2) is 17.2 Å². The van der Waals surface area contributed by atoms with Crippen LogP contribution in [0.5, 0.6) is 0 Å². The number of carboxylic acids is 2. The molecule has 0 bridgehead atoms. The molecule has 1 aromatic carbocycles. The van der Waals surface area contributed by atoms with Gasteiger partial charge in [0.2, 0.25) is 0 Å². The third kappa shape index (κ3) is 4.06. The fraction of sp³-hybridized carbons (Fsp3) is 0.588. The third-order valence-corrected chi connectivity index (χ3v) is 11.5. The minimum Gasteiger partial charge on any atom is -0.478 e. The van der Waals surface area contributed by atoms with Gasteiger partial charge in [0.25, 0.3) is 0 Å². The molecule has 232 valence electrons. The first kappa shape index (κ1) is 31.3. The Morgan fingerprint density at radius 1 is 1.05 bits per heavy atom. The largest absolute Gasteiger partial charge is 0.478 e. The third-order valence-electron chi connectivity index (χ3n) is 11.5. The molecule has 0 spiro atoms. The highest BCUT2D eigenvalue weighted by atomic mass is 19.1. The molecular weight excluding hydrogens is 555 g/mol. The molecule has 0 unspecified atom stereocenters. The second kappa shape index (κ2) is 9.66. The number of benzene rings is 1. The number of alkyl halides is 1. The first-order chi connectivity index (χ1) is 19.7. The van der Waals surface area contributed by atoms with Crippen LogP contribution < -0.4 is 0 Å². The summed E-state index contributed by atoms with van der Waals surface area (Å²) in [7, 11) is 0. The molecule has 1 aromatic rings. The van der Waals surface area contributed by atoms with Crippen molar-refractivity contribution in [2.75, 3.05) is 0 Å². The Kier molecular flexibility index (Phi) is 7.03. The van der Waals surface area contributed by atoms with Crippen LogP contribution in [-0.2, 0) is 21.4 Å². The lowest BCUT2D eigenvalue weighted by molar-refractivity contribution is -0.218. The molecule has 4 aliphatic carbocycles. The highest BCUT2D eigenvalue weighted by Gasteiger charge is 2.75. The number of halogens is 1. The molecule has 0 aromatic heterocycles. The van der Waals surface area contributed by atoms with Crippen LogP contribution in [0.2, 0.25) is 0 Å². The van der Waals surface area contributed by atoms with Crippen LogP contribution in [0, 0.1) is 28.6 Å². The van der Waals surface area contributed by atoms with Crippen LogP contribution in [0.25, 0.3) is 0 Å². The molecule has 8 atom stereocenters. The van der Waals surface area contributed by atoms with E-state index in [-0.39, 0.29) is 34.5 Å². The summed E-state index contributed by atoms with van der Waals surface area (Å²) in [6.07, 6.45) is 3.14. The molecule has 0 saturated heterocycles. The van der Waals surface area contributed by atoms with E-state index in [1.807, 2.05) is 0 Å². The second-order valence-electron chi connectivity index (χ2n) is 14.6. The van der Waals surface area contributed by atoms with E-state index in [1.54, 1.807) is 47.6 Å². The van der Waals surface area contributed by atoms with E-state index in [0.29, 0.717) is 24.8 Å². The monoisotopic (exact) mass is 596 g/mol. The number of aromatic carboxylic acids is 2. The number of aliphatic hydroxyl groups is 2. The van der Waals surface area contributed by atoms with Crippen LogP contribution in [0.1, 0.15) is 99.1 Å². The van der Waals surface area contributed by atoms with Gasteiger partial charge in [0, 0.05) is 23.2 Å². The van der Waals surface area contributed by atoms with Crippen molar-refractivity contribution in [3.8, 4) is 0 Å². The zero-order valence-corrected chi connectivity index (χ0v) is 25.5. The van der Waals surface area contributed by atoms with Gasteiger partial charge in [0.05, 0.1) is 17.2 Å². The van der Waals surface area contributed by atoms with Crippen molar-refractivity contribution in [1.29, 1.82) is 0 Å². The average Bonchev–Trinajstić information content (AvgIpc) is 3.10. The van der Waals surface area contributed by atoms with E-state index in [2.05, 4.69) is 0 Å². The van der Waals surface area contributed by atoms with Crippen LogP contribution in [-0.4, -0.2) is 61.3 Å². The van der Waals surface area contributed by atoms with E-state index in [0.717, 1.165) is 0 Å². The van der Waals surface area contributed by atoms with Crippen molar-refractivity contribution in [3.05, 3.63) is 58.2 Å². The topological polar surface area (TPSA) is 149 Å². The second-order valence-corrected chi connectivity index (χ2v) is 14.6. The average molecular weight is 597 g/mol. The molecule has 3 fully saturated rings. The van der Waals surface area contributed by atoms with Gasteiger partial charge in [-0.15, -0.1) is 0 Å².